The maximum absolute atomic E-state index is 10.9. The lowest BCUT2D eigenvalue weighted by molar-refractivity contribution is 0.0696. The summed E-state index contributed by atoms with van der Waals surface area (Å²) in [7, 11) is 1.57. The first-order valence-electron chi connectivity index (χ1n) is 5.29. The summed E-state index contributed by atoms with van der Waals surface area (Å²) < 4.78 is 0. The predicted octanol–water partition coefficient (Wildman–Crippen LogP) is 1.01. The van der Waals surface area contributed by atoms with Crippen molar-refractivity contribution in [1.29, 1.82) is 0 Å². The summed E-state index contributed by atoms with van der Waals surface area (Å²) in [5.74, 6) is -2.49. The van der Waals surface area contributed by atoms with Crippen LogP contribution in [0.4, 0.5) is 5.69 Å². The first-order valence-corrected chi connectivity index (χ1v) is 5.29. The molecule has 0 amide bonds. The number of rotatable bonds is 6. The molecule has 0 aliphatic carbocycles. The Morgan fingerprint density at radius 3 is 2.11 bits per heavy atom. The highest BCUT2D eigenvalue weighted by atomic mass is 16.4. The molecule has 0 saturated heterocycles. The molecule has 0 radical (unpaired) electrons. The Kier molecular flexibility index (Phi) is 4.95. The fourth-order valence-corrected chi connectivity index (χ4v) is 1.23. The molecule has 0 unspecified atom stereocenters. The zero-order valence-corrected chi connectivity index (χ0v) is 10.1. The molecule has 8 nitrogen and oxygen atoms in total. The molecule has 0 atom stereocenters. The number of aromatic carboxylic acids is 2. The van der Waals surface area contributed by atoms with Gasteiger partial charge in [0.05, 0.1) is 30.0 Å². The van der Waals surface area contributed by atoms with Crippen LogP contribution in [0.3, 0.4) is 0 Å². The minimum atomic E-state index is -1.25. The summed E-state index contributed by atoms with van der Waals surface area (Å²) in [6.07, 6.45) is 0. The van der Waals surface area contributed by atoms with Crippen LogP contribution >= 0.6 is 0 Å². The number of likely N-dealkylation sites (N-methyl/N-ethyl adjacent to an activating group) is 1. The fraction of sp³-hybridized carbons (Fsp3) is 0.273. The van der Waals surface area contributed by atoms with Crippen LogP contribution in [-0.2, 0) is 0 Å². The normalized spacial score (nSPS) is 10.6. The summed E-state index contributed by atoms with van der Waals surface area (Å²) in [5, 5.41) is 35.2. The molecule has 1 aromatic rings. The molecule has 0 fully saturated rings. The largest absolute Gasteiger partial charge is 0.478 e. The lowest BCUT2D eigenvalue weighted by Gasteiger charge is -2.08. The highest BCUT2D eigenvalue weighted by Gasteiger charge is 2.11. The van der Waals surface area contributed by atoms with Gasteiger partial charge in [-0.15, -0.1) is 5.11 Å². The highest BCUT2D eigenvalue weighted by Crippen LogP contribution is 2.19. The monoisotopic (exact) mass is 267 g/mol. The van der Waals surface area contributed by atoms with Crippen LogP contribution in [0, 0.1) is 0 Å². The molecule has 0 heterocycles. The van der Waals surface area contributed by atoms with Gasteiger partial charge in [0.2, 0.25) is 0 Å². The zero-order chi connectivity index (χ0) is 14.4. The van der Waals surface area contributed by atoms with Crippen molar-refractivity contribution in [3.8, 4) is 0 Å². The van der Waals surface area contributed by atoms with E-state index in [-0.39, 0.29) is 30.0 Å². The van der Waals surface area contributed by atoms with Crippen molar-refractivity contribution in [2.45, 2.75) is 0 Å². The number of carboxylic acid groups (broad SMARTS) is 2. The summed E-state index contributed by atoms with van der Waals surface area (Å²) in [6, 6.07) is 3.47. The number of aliphatic hydroxyl groups is 1. The first kappa shape index (κ1) is 14.6. The van der Waals surface area contributed by atoms with Gasteiger partial charge >= 0.3 is 11.9 Å². The van der Waals surface area contributed by atoms with Crippen LogP contribution in [0.15, 0.2) is 28.5 Å². The average Bonchev–Trinajstić information content (AvgIpc) is 2.36. The van der Waals surface area contributed by atoms with Crippen molar-refractivity contribution in [1.82, 2.24) is 5.01 Å². The van der Waals surface area contributed by atoms with Crippen molar-refractivity contribution >= 4 is 17.6 Å². The van der Waals surface area contributed by atoms with E-state index in [0.717, 1.165) is 6.07 Å². The fourth-order valence-electron chi connectivity index (χ4n) is 1.23. The third-order valence-corrected chi connectivity index (χ3v) is 2.15. The Morgan fingerprint density at radius 1 is 1.16 bits per heavy atom. The van der Waals surface area contributed by atoms with Gasteiger partial charge < -0.3 is 15.3 Å². The maximum Gasteiger partial charge on any atom is 0.335 e. The first-order chi connectivity index (χ1) is 8.93. The number of carbonyl (C=O) groups is 2. The third kappa shape index (κ3) is 4.36. The second-order valence-electron chi connectivity index (χ2n) is 3.67. The molecule has 8 heteroatoms. The summed E-state index contributed by atoms with van der Waals surface area (Å²) in [6.45, 7) is 0.152. The van der Waals surface area contributed by atoms with Crippen molar-refractivity contribution < 1.29 is 24.9 Å². The van der Waals surface area contributed by atoms with E-state index in [2.05, 4.69) is 10.3 Å². The summed E-state index contributed by atoms with van der Waals surface area (Å²) in [4.78, 5) is 21.7. The van der Waals surface area contributed by atoms with Crippen LogP contribution < -0.4 is 0 Å². The van der Waals surface area contributed by atoms with E-state index in [9.17, 15) is 9.59 Å². The van der Waals surface area contributed by atoms with Crippen molar-refractivity contribution in [2.24, 2.45) is 10.3 Å². The van der Waals surface area contributed by atoms with E-state index in [1.54, 1.807) is 7.05 Å². The molecule has 1 rings (SSSR count). The molecule has 102 valence electrons. The van der Waals surface area contributed by atoms with Gasteiger partial charge in [-0.3, -0.25) is 5.01 Å². The van der Waals surface area contributed by atoms with Crippen LogP contribution in [-0.4, -0.2) is 52.5 Å². The quantitative estimate of drug-likeness (QED) is 0.522. The predicted molar refractivity (Wildman–Crippen MR) is 64.6 cm³/mol. The van der Waals surface area contributed by atoms with Crippen molar-refractivity contribution in [2.75, 3.05) is 20.2 Å². The number of hydrogen-bond donors (Lipinski definition) is 3. The Bertz CT molecular complexity index is 483. The smallest absolute Gasteiger partial charge is 0.335 e. The lowest BCUT2D eigenvalue weighted by atomic mass is 10.1. The molecule has 0 aliphatic heterocycles. The van der Waals surface area contributed by atoms with Gasteiger partial charge in [0, 0.05) is 7.05 Å². The molecule has 19 heavy (non-hydrogen) atoms. The van der Waals surface area contributed by atoms with E-state index in [1.807, 2.05) is 0 Å². The van der Waals surface area contributed by atoms with E-state index in [1.165, 1.54) is 17.1 Å². The Labute approximate surface area is 108 Å². The van der Waals surface area contributed by atoms with Gasteiger partial charge in [0.25, 0.3) is 0 Å². The van der Waals surface area contributed by atoms with Crippen LogP contribution in [0.1, 0.15) is 20.7 Å². The topological polar surface area (TPSA) is 123 Å². The molecule has 3 N–H and O–H groups in total. The molecule has 0 aromatic heterocycles. The van der Waals surface area contributed by atoms with Crippen LogP contribution in [0.5, 0.6) is 0 Å². The molecule has 0 bridgehead atoms. The van der Waals surface area contributed by atoms with Crippen LogP contribution in [0.25, 0.3) is 0 Å². The summed E-state index contributed by atoms with van der Waals surface area (Å²) >= 11 is 0. The van der Waals surface area contributed by atoms with E-state index < -0.39 is 11.9 Å². The number of nitrogens with zero attached hydrogens (tertiary/aromatic N) is 3. The summed E-state index contributed by atoms with van der Waals surface area (Å²) in [5.41, 5.74) is -0.251. The third-order valence-electron chi connectivity index (χ3n) is 2.15. The molecular formula is C11H13N3O5. The second-order valence-corrected chi connectivity index (χ2v) is 3.67. The number of benzene rings is 1. The SMILES string of the molecule is CN(CCO)N=Nc1cc(C(=O)O)cc(C(=O)O)c1. The molecule has 0 saturated carbocycles. The van der Waals surface area contributed by atoms with Gasteiger partial charge in [-0.1, -0.05) is 5.22 Å². The van der Waals surface area contributed by atoms with Crippen molar-refractivity contribution in [3.05, 3.63) is 29.3 Å². The second kappa shape index (κ2) is 6.45. The van der Waals surface area contributed by atoms with E-state index in [0.29, 0.717) is 0 Å². The molecular weight excluding hydrogens is 254 g/mol. The van der Waals surface area contributed by atoms with Crippen LogP contribution in [0.2, 0.25) is 0 Å². The minimum Gasteiger partial charge on any atom is -0.478 e. The Hall–Kier alpha value is -2.48. The Balaban J connectivity index is 3.06. The standard InChI is InChI=1S/C11H13N3O5/c1-14(2-3-15)13-12-9-5-7(10(16)17)4-8(6-9)11(18)19/h4-6,15H,2-3H2,1H3,(H,16,17)(H,18,19). The highest BCUT2D eigenvalue weighted by molar-refractivity contribution is 5.95. The number of carboxylic acids is 2. The lowest BCUT2D eigenvalue weighted by Crippen LogP contribution is -2.14. The zero-order valence-electron chi connectivity index (χ0n) is 10.1. The Morgan fingerprint density at radius 2 is 1.68 bits per heavy atom. The van der Waals surface area contributed by atoms with E-state index >= 15 is 0 Å². The average molecular weight is 267 g/mol. The van der Waals surface area contributed by atoms with Gasteiger partial charge in [0.15, 0.2) is 0 Å². The van der Waals surface area contributed by atoms with Gasteiger partial charge in [-0.2, -0.15) is 0 Å². The van der Waals surface area contributed by atoms with Crippen molar-refractivity contribution in [3.63, 3.8) is 0 Å². The number of aliphatic hydroxyl groups excluding tert-OH is 1. The van der Waals surface area contributed by atoms with Gasteiger partial charge in [0.1, 0.15) is 0 Å². The molecule has 0 aliphatic rings. The van der Waals surface area contributed by atoms with Gasteiger partial charge in [-0.25, -0.2) is 9.59 Å². The van der Waals surface area contributed by atoms with Gasteiger partial charge in [-0.05, 0) is 18.2 Å². The minimum absolute atomic E-state index is 0.106. The number of hydrogen-bond acceptors (Lipinski definition) is 5. The molecule has 1 aromatic carbocycles. The molecule has 0 spiro atoms. The van der Waals surface area contributed by atoms with E-state index in [4.69, 9.17) is 15.3 Å². The maximum atomic E-state index is 10.9.